The molecule has 0 spiro atoms. The van der Waals surface area contributed by atoms with Crippen LogP contribution in [0.1, 0.15) is 0 Å². The first kappa shape index (κ1) is 16.3. The molecule has 0 bridgehead atoms. The third kappa shape index (κ3) is 3.87. The van der Waals surface area contributed by atoms with Gasteiger partial charge in [0.15, 0.2) is 0 Å². The van der Waals surface area contributed by atoms with Crippen LogP contribution in [0.2, 0.25) is 0 Å². The van der Waals surface area contributed by atoms with Crippen LogP contribution in [0.15, 0.2) is 84.9 Å². The zero-order valence-corrected chi connectivity index (χ0v) is 13.4. The first-order chi connectivity index (χ1) is 12.1. The highest BCUT2D eigenvalue weighted by molar-refractivity contribution is 5.91. The maximum Gasteiger partial charge on any atom is 0.402 e. The predicted molar refractivity (Wildman–Crippen MR) is 100 cm³/mol. The van der Waals surface area contributed by atoms with Crippen LogP contribution in [0.5, 0.6) is 11.5 Å². The molecule has 4 nitrogen and oxygen atoms in total. The van der Waals surface area contributed by atoms with Gasteiger partial charge in [0, 0.05) is 10.8 Å². The lowest BCUT2D eigenvalue weighted by atomic mass is 10.1. The summed E-state index contributed by atoms with van der Waals surface area (Å²) in [5, 5.41) is 11.8. The van der Waals surface area contributed by atoms with E-state index in [4.69, 9.17) is 14.6 Å². The normalized spacial score (nSPS) is 10.1. The SMILES string of the molecule is NC(=O)O.c1ccc2c(Oc3cccc4ccccc34)cccc2c1. The summed E-state index contributed by atoms with van der Waals surface area (Å²) in [7, 11) is 0. The van der Waals surface area contributed by atoms with Gasteiger partial charge in [0.1, 0.15) is 11.5 Å². The molecule has 0 aliphatic carbocycles. The molecule has 4 aromatic rings. The Hall–Kier alpha value is -3.53. The van der Waals surface area contributed by atoms with Gasteiger partial charge in [-0.3, -0.25) is 0 Å². The van der Waals surface area contributed by atoms with Gasteiger partial charge in [-0.1, -0.05) is 72.8 Å². The molecule has 0 saturated carbocycles. The Morgan fingerprint density at radius 1 is 0.680 bits per heavy atom. The summed E-state index contributed by atoms with van der Waals surface area (Å²) in [6, 6.07) is 28.9. The molecule has 0 aromatic heterocycles. The fourth-order valence-electron chi connectivity index (χ4n) is 2.69. The van der Waals surface area contributed by atoms with Crippen molar-refractivity contribution in [2.75, 3.05) is 0 Å². The quantitative estimate of drug-likeness (QED) is 0.516. The fourth-order valence-corrected chi connectivity index (χ4v) is 2.69. The topological polar surface area (TPSA) is 72.6 Å². The minimum Gasteiger partial charge on any atom is -0.465 e. The summed E-state index contributed by atoms with van der Waals surface area (Å²) in [4.78, 5) is 8.78. The van der Waals surface area contributed by atoms with Crippen LogP contribution >= 0.6 is 0 Å². The second kappa shape index (κ2) is 7.36. The number of primary amides is 1. The molecule has 0 radical (unpaired) electrons. The molecule has 0 saturated heterocycles. The second-order valence-electron chi connectivity index (χ2n) is 5.39. The molecule has 25 heavy (non-hydrogen) atoms. The Kier molecular flexibility index (Phi) is 4.81. The Bertz CT molecular complexity index is 936. The summed E-state index contributed by atoms with van der Waals surface area (Å²) >= 11 is 0. The first-order valence-corrected chi connectivity index (χ1v) is 7.77. The largest absolute Gasteiger partial charge is 0.465 e. The molecule has 0 heterocycles. The molecule has 4 heteroatoms. The highest BCUT2D eigenvalue weighted by Crippen LogP contribution is 2.33. The molecule has 4 rings (SSSR count). The number of carboxylic acid groups (broad SMARTS) is 1. The minimum absolute atomic E-state index is 0.893. The molecule has 3 N–H and O–H groups in total. The van der Waals surface area contributed by atoms with Gasteiger partial charge in [-0.05, 0) is 22.9 Å². The van der Waals surface area contributed by atoms with Gasteiger partial charge in [0.25, 0.3) is 0 Å². The Balaban J connectivity index is 0.000000415. The highest BCUT2D eigenvalue weighted by Gasteiger charge is 2.05. The monoisotopic (exact) mass is 331 g/mol. The van der Waals surface area contributed by atoms with Crippen molar-refractivity contribution in [3.05, 3.63) is 84.9 Å². The number of hydrogen-bond donors (Lipinski definition) is 2. The van der Waals surface area contributed by atoms with Crippen molar-refractivity contribution in [2.24, 2.45) is 5.73 Å². The van der Waals surface area contributed by atoms with Gasteiger partial charge in [-0.2, -0.15) is 0 Å². The van der Waals surface area contributed by atoms with Gasteiger partial charge in [0.05, 0.1) is 0 Å². The van der Waals surface area contributed by atoms with E-state index >= 15 is 0 Å². The smallest absolute Gasteiger partial charge is 0.402 e. The zero-order valence-electron chi connectivity index (χ0n) is 13.4. The van der Waals surface area contributed by atoms with Crippen molar-refractivity contribution in [1.29, 1.82) is 0 Å². The van der Waals surface area contributed by atoms with E-state index in [1.807, 2.05) is 48.5 Å². The van der Waals surface area contributed by atoms with Crippen molar-refractivity contribution < 1.29 is 14.6 Å². The van der Waals surface area contributed by atoms with Crippen molar-refractivity contribution in [1.82, 2.24) is 0 Å². The second-order valence-corrected chi connectivity index (χ2v) is 5.39. The summed E-state index contributed by atoms with van der Waals surface area (Å²) < 4.78 is 6.20. The number of benzene rings is 4. The molecule has 0 unspecified atom stereocenters. The average molecular weight is 331 g/mol. The van der Waals surface area contributed by atoms with Crippen LogP contribution in [-0.4, -0.2) is 11.2 Å². The van der Waals surface area contributed by atoms with Crippen molar-refractivity contribution in [2.45, 2.75) is 0 Å². The van der Waals surface area contributed by atoms with Crippen LogP contribution in [0.25, 0.3) is 21.5 Å². The molecular formula is C21H17NO3. The molecule has 0 atom stereocenters. The zero-order chi connectivity index (χ0) is 17.6. The number of fused-ring (bicyclic) bond motifs is 2. The van der Waals surface area contributed by atoms with E-state index in [-0.39, 0.29) is 0 Å². The standard InChI is InChI=1S/C20H14O.CH3NO2/c1-3-11-17-15(7-1)9-5-13-19(17)21-20-14-6-10-16-8-2-4-12-18(16)20;2-1(3)4/h1-14H;2H2,(H,3,4). The number of ether oxygens (including phenoxy) is 1. The Labute approximate surface area is 145 Å². The molecular weight excluding hydrogens is 314 g/mol. The van der Waals surface area contributed by atoms with Gasteiger partial charge in [-0.15, -0.1) is 0 Å². The number of nitrogens with two attached hydrogens (primary N) is 1. The fraction of sp³-hybridized carbons (Fsp3) is 0. The van der Waals surface area contributed by atoms with Crippen LogP contribution in [-0.2, 0) is 0 Å². The van der Waals surface area contributed by atoms with Crippen LogP contribution < -0.4 is 10.5 Å². The number of hydrogen-bond acceptors (Lipinski definition) is 2. The van der Waals surface area contributed by atoms with E-state index in [1.54, 1.807) is 0 Å². The molecule has 0 aliphatic heterocycles. The van der Waals surface area contributed by atoms with Gasteiger partial charge in [0.2, 0.25) is 0 Å². The Morgan fingerprint density at radius 2 is 1.04 bits per heavy atom. The lowest BCUT2D eigenvalue weighted by Gasteiger charge is -2.11. The predicted octanol–water partition coefficient (Wildman–Crippen LogP) is 5.41. The third-order valence-corrected chi connectivity index (χ3v) is 3.72. The maximum atomic E-state index is 8.78. The van der Waals surface area contributed by atoms with E-state index in [9.17, 15) is 0 Å². The van der Waals surface area contributed by atoms with Crippen molar-refractivity contribution >= 4 is 27.6 Å². The van der Waals surface area contributed by atoms with Crippen molar-refractivity contribution in [3.8, 4) is 11.5 Å². The van der Waals surface area contributed by atoms with Gasteiger partial charge in [-0.25, -0.2) is 4.79 Å². The molecule has 1 amide bonds. The number of rotatable bonds is 2. The average Bonchev–Trinajstić information content (AvgIpc) is 2.62. The number of carbonyl (C=O) groups is 1. The summed E-state index contributed by atoms with van der Waals surface area (Å²) in [5.41, 5.74) is 4.03. The van der Waals surface area contributed by atoms with Gasteiger partial charge >= 0.3 is 6.09 Å². The lowest BCUT2D eigenvalue weighted by Crippen LogP contribution is -2.03. The first-order valence-electron chi connectivity index (χ1n) is 7.77. The minimum atomic E-state index is -1.33. The van der Waals surface area contributed by atoms with Crippen molar-refractivity contribution in [3.63, 3.8) is 0 Å². The van der Waals surface area contributed by atoms with Gasteiger partial charge < -0.3 is 15.6 Å². The lowest BCUT2D eigenvalue weighted by molar-refractivity contribution is 0.205. The molecule has 124 valence electrons. The van der Waals surface area contributed by atoms with E-state index in [0.29, 0.717) is 0 Å². The molecule has 0 aliphatic rings. The van der Waals surface area contributed by atoms with E-state index < -0.39 is 6.09 Å². The van der Waals surface area contributed by atoms with E-state index in [0.717, 1.165) is 22.3 Å². The van der Waals surface area contributed by atoms with E-state index in [2.05, 4.69) is 42.1 Å². The molecule has 4 aromatic carbocycles. The highest BCUT2D eigenvalue weighted by atomic mass is 16.5. The summed E-state index contributed by atoms with van der Waals surface area (Å²) in [6.45, 7) is 0. The van der Waals surface area contributed by atoms with Crippen LogP contribution in [0.4, 0.5) is 4.79 Å². The third-order valence-electron chi connectivity index (χ3n) is 3.72. The maximum absolute atomic E-state index is 8.78. The summed E-state index contributed by atoms with van der Waals surface area (Å²) in [5.74, 6) is 1.79. The van der Waals surface area contributed by atoms with Crippen LogP contribution in [0.3, 0.4) is 0 Å². The molecule has 0 fully saturated rings. The number of amides is 1. The van der Waals surface area contributed by atoms with Crippen LogP contribution in [0, 0.1) is 0 Å². The summed E-state index contributed by atoms with van der Waals surface area (Å²) in [6.07, 6.45) is -1.33. The Morgan fingerprint density at radius 3 is 1.48 bits per heavy atom. The van der Waals surface area contributed by atoms with E-state index in [1.165, 1.54) is 10.8 Å².